The Morgan fingerprint density at radius 1 is 0.862 bits per heavy atom. The van der Waals surface area contributed by atoms with Crippen LogP contribution in [0, 0.1) is 11.3 Å². The molecule has 0 aliphatic rings. The standard InChI is InChI=1S/C24H20N2O3/c25-16-19-10-4-5-11-20(19)21-12-6-7-13-22(21)24(28)29-17-23(27)26-15-14-18-8-2-1-3-9-18/h1-13H,14-15,17H2,(H,26,27). The van der Waals surface area contributed by atoms with Gasteiger partial charge in [-0.3, -0.25) is 4.79 Å². The van der Waals surface area contributed by atoms with E-state index >= 15 is 0 Å². The van der Waals surface area contributed by atoms with Crippen LogP contribution in [-0.4, -0.2) is 25.0 Å². The van der Waals surface area contributed by atoms with Gasteiger partial charge in [0.2, 0.25) is 0 Å². The van der Waals surface area contributed by atoms with Crippen molar-refractivity contribution in [2.24, 2.45) is 0 Å². The molecule has 0 aliphatic heterocycles. The highest BCUT2D eigenvalue weighted by atomic mass is 16.5. The molecule has 144 valence electrons. The minimum absolute atomic E-state index is 0.312. The maximum absolute atomic E-state index is 12.6. The molecule has 3 aromatic rings. The van der Waals surface area contributed by atoms with Crippen molar-refractivity contribution in [3.8, 4) is 17.2 Å². The van der Waals surface area contributed by atoms with Crippen LogP contribution in [0.2, 0.25) is 0 Å². The predicted octanol–water partition coefficient (Wildman–Crippen LogP) is 3.74. The number of carbonyl (C=O) groups is 2. The zero-order chi connectivity index (χ0) is 20.5. The SMILES string of the molecule is N#Cc1ccccc1-c1ccccc1C(=O)OCC(=O)NCCc1ccccc1. The van der Waals surface area contributed by atoms with Crippen LogP contribution in [0.3, 0.4) is 0 Å². The van der Waals surface area contributed by atoms with Gasteiger partial charge >= 0.3 is 5.97 Å². The fraction of sp³-hybridized carbons (Fsp3) is 0.125. The molecular formula is C24H20N2O3. The third kappa shape index (κ3) is 5.30. The normalized spacial score (nSPS) is 10.0. The highest BCUT2D eigenvalue weighted by Crippen LogP contribution is 2.27. The molecule has 0 unspecified atom stereocenters. The van der Waals surface area contributed by atoms with Gasteiger partial charge in [0.1, 0.15) is 0 Å². The fourth-order valence-electron chi connectivity index (χ4n) is 2.96. The van der Waals surface area contributed by atoms with Crippen LogP contribution in [0.5, 0.6) is 0 Å². The van der Waals surface area contributed by atoms with E-state index in [4.69, 9.17) is 4.74 Å². The number of esters is 1. The summed E-state index contributed by atoms with van der Waals surface area (Å²) in [6.07, 6.45) is 0.703. The lowest BCUT2D eigenvalue weighted by Gasteiger charge is -2.11. The second-order valence-electron chi connectivity index (χ2n) is 6.36. The van der Waals surface area contributed by atoms with Crippen LogP contribution in [0.1, 0.15) is 21.5 Å². The maximum Gasteiger partial charge on any atom is 0.339 e. The van der Waals surface area contributed by atoms with E-state index in [-0.39, 0.29) is 12.5 Å². The number of amides is 1. The number of nitrogens with one attached hydrogen (secondary N) is 1. The average Bonchev–Trinajstić information content (AvgIpc) is 2.78. The zero-order valence-electron chi connectivity index (χ0n) is 15.8. The zero-order valence-corrected chi connectivity index (χ0v) is 15.8. The number of hydrogen-bond acceptors (Lipinski definition) is 4. The number of carbonyl (C=O) groups excluding carboxylic acids is 2. The van der Waals surface area contributed by atoms with Crippen molar-refractivity contribution in [1.82, 2.24) is 5.32 Å². The van der Waals surface area contributed by atoms with E-state index in [0.29, 0.717) is 35.2 Å². The Labute approximate surface area is 169 Å². The molecule has 0 aliphatic carbocycles. The molecular weight excluding hydrogens is 364 g/mol. The van der Waals surface area contributed by atoms with E-state index in [0.717, 1.165) is 5.56 Å². The first-order valence-electron chi connectivity index (χ1n) is 9.25. The van der Waals surface area contributed by atoms with Crippen LogP contribution in [0.4, 0.5) is 0 Å². The molecule has 0 atom stereocenters. The summed E-state index contributed by atoms with van der Waals surface area (Å²) in [7, 11) is 0. The van der Waals surface area contributed by atoms with Crippen LogP contribution in [-0.2, 0) is 16.0 Å². The molecule has 0 saturated carbocycles. The smallest absolute Gasteiger partial charge is 0.339 e. The van der Waals surface area contributed by atoms with E-state index in [1.165, 1.54) is 0 Å². The summed E-state index contributed by atoms with van der Waals surface area (Å²) in [5, 5.41) is 12.1. The van der Waals surface area contributed by atoms with E-state index in [1.54, 1.807) is 48.5 Å². The molecule has 0 aromatic heterocycles. The molecule has 0 fully saturated rings. The first-order chi connectivity index (χ1) is 14.2. The van der Waals surface area contributed by atoms with Crippen molar-refractivity contribution in [3.63, 3.8) is 0 Å². The first-order valence-corrected chi connectivity index (χ1v) is 9.25. The Bertz CT molecular complexity index is 1040. The van der Waals surface area contributed by atoms with Crippen molar-refractivity contribution in [3.05, 3.63) is 95.6 Å². The summed E-state index contributed by atoms with van der Waals surface area (Å²) in [6, 6.07) is 25.9. The fourth-order valence-corrected chi connectivity index (χ4v) is 2.96. The first kappa shape index (κ1) is 19.8. The van der Waals surface area contributed by atoms with Crippen molar-refractivity contribution >= 4 is 11.9 Å². The quantitative estimate of drug-likeness (QED) is 0.630. The van der Waals surface area contributed by atoms with Crippen LogP contribution >= 0.6 is 0 Å². The largest absolute Gasteiger partial charge is 0.452 e. The molecule has 5 nitrogen and oxygen atoms in total. The van der Waals surface area contributed by atoms with E-state index in [2.05, 4.69) is 11.4 Å². The van der Waals surface area contributed by atoms with Gasteiger partial charge in [-0.15, -0.1) is 0 Å². The molecule has 0 heterocycles. The van der Waals surface area contributed by atoms with Gasteiger partial charge in [0.05, 0.1) is 17.2 Å². The minimum atomic E-state index is -0.605. The van der Waals surface area contributed by atoms with Crippen LogP contribution in [0.25, 0.3) is 11.1 Å². The molecule has 0 radical (unpaired) electrons. The van der Waals surface area contributed by atoms with Gasteiger partial charge in [0.25, 0.3) is 5.91 Å². The molecule has 1 N–H and O–H groups in total. The Kier molecular flexibility index (Phi) is 6.75. The lowest BCUT2D eigenvalue weighted by Crippen LogP contribution is -2.30. The number of rotatable bonds is 7. The van der Waals surface area contributed by atoms with Gasteiger partial charge in [-0.2, -0.15) is 5.26 Å². The molecule has 1 amide bonds. The van der Waals surface area contributed by atoms with Crippen LogP contribution < -0.4 is 5.32 Å². The number of nitriles is 1. The summed E-state index contributed by atoms with van der Waals surface area (Å²) < 4.78 is 5.19. The molecule has 0 bridgehead atoms. The Balaban J connectivity index is 1.60. The lowest BCUT2D eigenvalue weighted by molar-refractivity contribution is -0.124. The molecule has 0 spiro atoms. The Hall–Kier alpha value is -3.91. The summed E-state index contributed by atoms with van der Waals surface area (Å²) in [5.41, 5.74) is 3.14. The third-order valence-electron chi connectivity index (χ3n) is 4.40. The van der Waals surface area contributed by atoms with E-state index in [9.17, 15) is 14.9 Å². The number of nitrogens with zero attached hydrogens (tertiary/aromatic N) is 1. The number of hydrogen-bond donors (Lipinski definition) is 1. The topological polar surface area (TPSA) is 79.2 Å². The van der Waals surface area contributed by atoms with Crippen molar-refractivity contribution in [2.75, 3.05) is 13.2 Å². The summed E-state index contributed by atoms with van der Waals surface area (Å²) in [4.78, 5) is 24.5. The molecule has 3 aromatic carbocycles. The Morgan fingerprint density at radius 2 is 1.52 bits per heavy atom. The highest BCUT2D eigenvalue weighted by Gasteiger charge is 2.17. The average molecular weight is 384 g/mol. The number of benzene rings is 3. The second-order valence-corrected chi connectivity index (χ2v) is 6.36. The molecule has 0 saturated heterocycles. The van der Waals surface area contributed by atoms with E-state index in [1.807, 2.05) is 30.3 Å². The van der Waals surface area contributed by atoms with Gasteiger partial charge in [-0.05, 0) is 29.7 Å². The van der Waals surface area contributed by atoms with E-state index < -0.39 is 5.97 Å². The third-order valence-corrected chi connectivity index (χ3v) is 4.40. The van der Waals surface area contributed by atoms with Gasteiger partial charge in [-0.25, -0.2) is 4.79 Å². The highest BCUT2D eigenvalue weighted by molar-refractivity contribution is 5.98. The maximum atomic E-state index is 12.6. The second kappa shape index (κ2) is 9.86. The van der Waals surface area contributed by atoms with Crippen molar-refractivity contribution in [1.29, 1.82) is 5.26 Å². The lowest BCUT2D eigenvalue weighted by atomic mass is 9.96. The summed E-state index contributed by atoms with van der Waals surface area (Å²) in [6.45, 7) is 0.106. The molecule has 29 heavy (non-hydrogen) atoms. The van der Waals surface area contributed by atoms with Crippen molar-refractivity contribution in [2.45, 2.75) is 6.42 Å². The van der Waals surface area contributed by atoms with Gasteiger partial charge in [-0.1, -0.05) is 66.7 Å². The minimum Gasteiger partial charge on any atom is -0.452 e. The molecule has 3 rings (SSSR count). The summed E-state index contributed by atoms with van der Waals surface area (Å²) >= 11 is 0. The summed E-state index contributed by atoms with van der Waals surface area (Å²) in [5.74, 6) is -0.962. The predicted molar refractivity (Wildman–Crippen MR) is 110 cm³/mol. The monoisotopic (exact) mass is 384 g/mol. The Morgan fingerprint density at radius 3 is 2.28 bits per heavy atom. The van der Waals surface area contributed by atoms with Crippen LogP contribution in [0.15, 0.2) is 78.9 Å². The number of ether oxygens (including phenoxy) is 1. The van der Waals surface area contributed by atoms with Gasteiger partial charge in [0, 0.05) is 12.1 Å². The van der Waals surface area contributed by atoms with Gasteiger partial charge < -0.3 is 10.1 Å². The van der Waals surface area contributed by atoms with Gasteiger partial charge in [0.15, 0.2) is 6.61 Å². The van der Waals surface area contributed by atoms with Crippen molar-refractivity contribution < 1.29 is 14.3 Å². The molecule has 5 heteroatoms.